The second kappa shape index (κ2) is 4.33. The van der Waals surface area contributed by atoms with E-state index in [0.717, 1.165) is 11.0 Å². The van der Waals surface area contributed by atoms with Gasteiger partial charge in [-0.1, -0.05) is 24.3 Å². The number of pyridine rings is 1. The maximum Gasteiger partial charge on any atom is 0.325 e. The van der Waals surface area contributed by atoms with Crippen LogP contribution >= 0.6 is 0 Å². The van der Waals surface area contributed by atoms with E-state index in [2.05, 4.69) is 4.98 Å². The zero-order valence-electron chi connectivity index (χ0n) is 9.41. The molecule has 1 aromatic carbocycles. The fourth-order valence-electron chi connectivity index (χ4n) is 1.77. The number of carbonyl (C=O) groups excluding carboxylic acids is 1. The summed E-state index contributed by atoms with van der Waals surface area (Å²) in [5.41, 5.74) is 0.726. The van der Waals surface area contributed by atoms with Crippen molar-refractivity contribution in [3.05, 3.63) is 54.7 Å². The smallest absolute Gasteiger partial charge is 0.325 e. The average molecular weight is 237 g/mol. The van der Waals surface area contributed by atoms with Gasteiger partial charge in [0.25, 0.3) is 0 Å². The molecule has 2 aromatic heterocycles. The number of hydrogen-bond acceptors (Lipinski definition) is 3. The minimum atomic E-state index is 0.407. The van der Waals surface area contributed by atoms with E-state index < -0.39 is 0 Å². The molecule has 0 aliphatic carbocycles. The molecular formula is C14H9N2O2. The van der Waals surface area contributed by atoms with Gasteiger partial charge in [-0.15, -0.1) is 0 Å². The number of rotatable bonds is 3. The van der Waals surface area contributed by atoms with E-state index in [1.807, 2.05) is 30.7 Å². The van der Waals surface area contributed by atoms with Gasteiger partial charge >= 0.3 is 6.41 Å². The molecule has 4 nitrogen and oxygen atoms in total. The van der Waals surface area contributed by atoms with Crippen LogP contribution in [0.1, 0.15) is 0 Å². The molecule has 0 saturated carbocycles. The highest BCUT2D eigenvalue weighted by molar-refractivity contribution is 5.89. The molecule has 0 N–H and O–H groups in total. The Morgan fingerprint density at radius 1 is 1.11 bits per heavy atom. The van der Waals surface area contributed by atoms with Gasteiger partial charge < -0.3 is 4.42 Å². The van der Waals surface area contributed by atoms with Crippen LogP contribution in [0.3, 0.4) is 0 Å². The molecule has 1 radical (unpaired) electrons. The van der Waals surface area contributed by atoms with Crippen LogP contribution in [0.15, 0.2) is 59.1 Å². The average Bonchev–Trinajstić information content (AvgIpc) is 2.84. The standard InChI is InChI=1S/C14H9N2O2/c17-10-16(13-7-3-4-8-15-13)14-9-11-5-1-2-6-12(11)18-14/h1-9H. The van der Waals surface area contributed by atoms with Crippen LogP contribution in [-0.4, -0.2) is 11.4 Å². The van der Waals surface area contributed by atoms with Gasteiger partial charge in [0, 0.05) is 17.6 Å². The minimum Gasteiger partial charge on any atom is -0.440 e. The Balaban J connectivity index is 2.09. The molecule has 0 saturated heterocycles. The molecule has 18 heavy (non-hydrogen) atoms. The van der Waals surface area contributed by atoms with Gasteiger partial charge in [0.1, 0.15) is 11.4 Å². The van der Waals surface area contributed by atoms with E-state index in [4.69, 9.17) is 4.42 Å². The van der Waals surface area contributed by atoms with Crippen molar-refractivity contribution in [1.29, 1.82) is 0 Å². The topological polar surface area (TPSA) is 46.3 Å². The monoisotopic (exact) mass is 237 g/mol. The zero-order chi connectivity index (χ0) is 12.4. The van der Waals surface area contributed by atoms with Crippen molar-refractivity contribution in [2.45, 2.75) is 0 Å². The molecular weight excluding hydrogens is 228 g/mol. The van der Waals surface area contributed by atoms with Crippen molar-refractivity contribution in [2.75, 3.05) is 4.90 Å². The van der Waals surface area contributed by atoms with Gasteiger partial charge in [0.15, 0.2) is 0 Å². The molecule has 3 aromatic rings. The Hall–Kier alpha value is -2.62. The number of aromatic nitrogens is 1. The molecule has 3 rings (SSSR count). The molecule has 1 amide bonds. The maximum atomic E-state index is 11.1. The molecule has 0 spiro atoms. The highest BCUT2D eigenvalue weighted by Crippen LogP contribution is 2.28. The number of furan rings is 1. The summed E-state index contributed by atoms with van der Waals surface area (Å²) in [6.45, 7) is 0. The van der Waals surface area contributed by atoms with Crippen LogP contribution in [-0.2, 0) is 4.79 Å². The molecule has 4 heteroatoms. The molecule has 0 atom stereocenters. The Bertz CT molecular complexity index is 643. The minimum absolute atomic E-state index is 0.407. The largest absolute Gasteiger partial charge is 0.440 e. The predicted octanol–water partition coefficient (Wildman–Crippen LogP) is 3.03. The Morgan fingerprint density at radius 3 is 2.67 bits per heavy atom. The molecule has 0 bridgehead atoms. The van der Waals surface area contributed by atoms with Gasteiger partial charge in [0.05, 0.1) is 0 Å². The SMILES string of the molecule is O=[C]N(c1ccccn1)c1cc2ccccc2o1. The van der Waals surface area contributed by atoms with E-state index in [1.165, 1.54) is 4.90 Å². The van der Waals surface area contributed by atoms with Crippen LogP contribution in [0.5, 0.6) is 0 Å². The fraction of sp³-hybridized carbons (Fsp3) is 0. The highest BCUT2D eigenvalue weighted by atomic mass is 16.4. The molecule has 2 heterocycles. The van der Waals surface area contributed by atoms with Crippen molar-refractivity contribution in [3.63, 3.8) is 0 Å². The zero-order valence-corrected chi connectivity index (χ0v) is 9.41. The van der Waals surface area contributed by atoms with Gasteiger partial charge in [-0.3, -0.25) is 4.79 Å². The number of amides is 1. The van der Waals surface area contributed by atoms with E-state index in [9.17, 15) is 4.79 Å². The summed E-state index contributed by atoms with van der Waals surface area (Å²) in [6.07, 6.45) is 3.44. The first-order valence-corrected chi connectivity index (χ1v) is 5.46. The van der Waals surface area contributed by atoms with Gasteiger partial charge in [-0.2, -0.15) is 0 Å². The number of hydrogen-bond donors (Lipinski definition) is 0. The van der Waals surface area contributed by atoms with E-state index in [1.54, 1.807) is 30.5 Å². The van der Waals surface area contributed by atoms with Crippen molar-refractivity contribution in [2.24, 2.45) is 0 Å². The summed E-state index contributed by atoms with van der Waals surface area (Å²) in [4.78, 5) is 16.4. The van der Waals surface area contributed by atoms with Crippen molar-refractivity contribution >= 4 is 29.1 Å². The van der Waals surface area contributed by atoms with Crippen LogP contribution < -0.4 is 4.90 Å². The summed E-state index contributed by atoms with van der Waals surface area (Å²) in [5.74, 6) is 0.886. The van der Waals surface area contributed by atoms with Crippen LogP contribution in [0.25, 0.3) is 11.0 Å². The van der Waals surface area contributed by atoms with Crippen LogP contribution in [0.2, 0.25) is 0 Å². The van der Waals surface area contributed by atoms with Crippen LogP contribution in [0, 0.1) is 0 Å². The van der Waals surface area contributed by atoms with E-state index in [-0.39, 0.29) is 0 Å². The maximum absolute atomic E-state index is 11.1. The summed E-state index contributed by atoms with van der Waals surface area (Å²) >= 11 is 0. The van der Waals surface area contributed by atoms with E-state index in [0.29, 0.717) is 11.7 Å². The normalized spacial score (nSPS) is 10.4. The Kier molecular flexibility index (Phi) is 2.53. The third-order valence-corrected chi connectivity index (χ3v) is 2.60. The summed E-state index contributed by atoms with van der Waals surface area (Å²) in [5, 5.41) is 0.934. The third-order valence-electron chi connectivity index (χ3n) is 2.60. The molecule has 87 valence electrons. The van der Waals surface area contributed by atoms with Crippen molar-refractivity contribution in [3.8, 4) is 0 Å². The van der Waals surface area contributed by atoms with E-state index >= 15 is 0 Å². The van der Waals surface area contributed by atoms with Crippen molar-refractivity contribution in [1.82, 2.24) is 4.98 Å². The molecule has 0 fully saturated rings. The van der Waals surface area contributed by atoms with Crippen molar-refractivity contribution < 1.29 is 9.21 Å². The lowest BCUT2D eigenvalue weighted by Gasteiger charge is -2.10. The fourth-order valence-corrected chi connectivity index (χ4v) is 1.77. The first-order chi connectivity index (χ1) is 8.88. The number of nitrogens with zero attached hydrogens (tertiary/aromatic N) is 2. The Labute approximate surface area is 103 Å². The van der Waals surface area contributed by atoms with Gasteiger partial charge in [-0.25, -0.2) is 9.88 Å². The number of fused-ring (bicyclic) bond motifs is 1. The molecule has 0 aliphatic rings. The second-order valence-electron chi connectivity index (χ2n) is 3.74. The predicted molar refractivity (Wildman–Crippen MR) is 68.3 cm³/mol. The lowest BCUT2D eigenvalue weighted by Crippen LogP contribution is -2.14. The lowest BCUT2D eigenvalue weighted by atomic mass is 10.2. The van der Waals surface area contributed by atoms with Gasteiger partial charge in [0.2, 0.25) is 5.88 Å². The summed E-state index contributed by atoms with van der Waals surface area (Å²) in [6, 6.07) is 14.7. The second-order valence-corrected chi connectivity index (χ2v) is 3.74. The molecule has 0 unspecified atom stereocenters. The number of anilines is 2. The first kappa shape index (κ1) is 10.5. The quantitative estimate of drug-likeness (QED) is 0.658. The summed E-state index contributed by atoms with van der Waals surface area (Å²) < 4.78 is 5.60. The number of benzene rings is 1. The first-order valence-electron chi connectivity index (χ1n) is 5.46. The lowest BCUT2D eigenvalue weighted by molar-refractivity contribution is 0.548. The summed E-state index contributed by atoms with van der Waals surface area (Å²) in [7, 11) is 0. The van der Waals surface area contributed by atoms with Gasteiger partial charge in [-0.05, 0) is 18.2 Å². The number of para-hydroxylation sites is 1. The third kappa shape index (κ3) is 1.73. The highest BCUT2D eigenvalue weighted by Gasteiger charge is 2.14. The van der Waals surface area contributed by atoms with Crippen LogP contribution in [0.4, 0.5) is 11.7 Å². The Morgan fingerprint density at radius 2 is 1.94 bits per heavy atom. The molecule has 0 aliphatic heterocycles.